The van der Waals surface area contributed by atoms with E-state index in [1.807, 2.05) is 6.07 Å². The third kappa shape index (κ3) is 2.85. The SMILES string of the molecule is CCOC(=O)C(C)(C#N)c1ncc(Br)cc1Br. The van der Waals surface area contributed by atoms with Crippen molar-refractivity contribution in [2.45, 2.75) is 19.3 Å². The van der Waals surface area contributed by atoms with E-state index >= 15 is 0 Å². The largest absolute Gasteiger partial charge is 0.465 e. The first-order valence-corrected chi connectivity index (χ1v) is 6.44. The predicted molar refractivity (Wildman–Crippen MR) is 69.2 cm³/mol. The average Bonchev–Trinajstić information content (AvgIpc) is 2.28. The van der Waals surface area contributed by atoms with E-state index in [0.29, 0.717) is 10.2 Å². The van der Waals surface area contributed by atoms with Gasteiger partial charge in [0, 0.05) is 15.1 Å². The third-order valence-electron chi connectivity index (χ3n) is 2.19. The highest BCUT2D eigenvalue weighted by Gasteiger charge is 2.40. The van der Waals surface area contributed by atoms with E-state index in [2.05, 4.69) is 36.8 Å². The van der Waals surface area contributed by atoms with Gasteiger partial charge >= 0.3 is 5.97 Å². The van der Waals surface area contributed by atoms with Gasteiger partial charge in [-0.15, -0.1) is 0 Å². The molecule has 0 aliphatic carbocycles. The molecule has 6 heteroatoms. The molecule has 0 radical (unpaired) electrons. The van der Waals surface area contributed by atoms with Gasteiger partial charge in [-0.25, -0.2) is 4.79 Å². The molecule has 4 nitrogen and oxygen atoms in total. The molecule has 0 spiro atoms. The smallest absolute Gasteiger partial charge is 0.332 e. The number of pyridine rings is 1. The number of nitriles is 1. The number of hydrogen-bond acceptors (Lipinski definition) is 4. The second kappa shape index (κ2) is 5.61. The van der Waals surface area contributed by atoms with Crippen LogP contribution < -0.4 is 0 Å². The summed E-state index contributed by atoms with van der Waals surface area (Å²) in [6.07, 6.45) is 1.54. The number of carbonyl (C=O) groups excluding carboxylic acids is 1. The molecule has 17 heavy (non-hydrogen) atoms. The van der Waals surface area contributed by atoms with E-state index in [0.717, 1.165) is 4.47 Å². The molecule has 1 aromatic rings. The summed E-state index contributed by atoms with van der Waals surface area (Å²) < 4.78 is 6.25. The lowest BCUT2D eigenvalue weighted by molar-refractivity contribution is -0.147. The topological polar surface area (TPSA) is 63.0 Å². The van der Waals surface area contributed by atoms with Crippen LogP contribution in [0.4, 0.5) is 0 Å². The van der Waals surface area contributed by atoms with E-state index in [-0.39, 0.29) is 6.61 Å². The van der Waals surface area contributed by atoms with Gasteiger partial charge in [-0.2, -0.15) is 5.26 Å². The van der Waals surface area contributed by atoms with Gasteiger partial charge in [0.2, 0.25) is 0 Å². The molecule has 1 heterocycles. The normalized spacial score (nSPS) is 13.6. The second-order valence-electron chi connectivity index (χ2n) is 3.44. The summed E-state index contributed by atoms with van der Waals surface area (Å²) in [5, 5.41) is 9.21. The summed E-state index contributed by atoms with van der Waals surface area (Å²) in [6, 6.07) is 3.69. The second-order valence-corrected chi connectivity index (χ2v) is 5.21. The fourth-order valence-corrected chi connectivity index (χ4v) is 2.64. The summed E-state index contributed by atoms with van der Waals surface area (Å²) in [5.74, 6) is -0.599. The fraction of sp³-hybridized carbons (Fsp3) is 0.364. The molecule has 1 atom stereocenters. The summed E-state index contributed by atoms with van der Waals surface area (Å²) in [7, 11) is 0. The number of halogens is 2. The summed E-state index contributed by atoms with van der Waals surface area (Å²) in [6.45, 7) is 3.41. The van der Waals surface area contributed by atoms with Crippen molar-refractivity contribution in [3.8, 4) is 6.07 Å². The molecule has 0 fully saturated rings. The van der Waals surface area contributed by atoms with Crippen LogP contribution in [0.2, 0.25) is 0 Å². The van der Waals surface area contributed by atoms with Gasteiger partial charge in [0.15, 0.2) is 5.41 Å². The van der Waals surface area contributed by atoms with Gasteiger partial charge in [-0.05, 0) is 51.8 Å². The Morgan fingerprint density at radius 3 is 2.76 bits per heavy atom. The Morgan fingerprint density at radius 1 is 1.65 bits per heavy atom. The van der Waals surface area contributed by atoms with Crippen LogP contribution in [0.15, 0.2) is 21.2 Å². The minimum atomic E-state index is -1.41. The van der Waals surface area contributed by atoms with E-state index in [1.165, 1.54) is 13.1 Å². The van der Waals surface area contributed by atoms with Gasteiger partial charge < -0.3 is 4.74 Å². The van der Waals surface area contributed by atoms with Gasteiger partial charge in [0.25, 0.3) is 0 Å². The quantitative estimate of drug-likeness (QED) is 0.776. The van der Waals surface area contributed by atoms with Crippen LogP contribution in [0.1, 0.15) is 19.5 Å². The van der Waals surface area contributed by atoms with Gasteiger partial charge in [-0.1, -0.05) is 0 Å². The molecule has 0 N–H and O–H groups in total. The molecule has 0 aliphatic heterocycles. The Kier molecular flexibility index (Phi) is 4.66. The molecule has 0 aliphatic rings. The van der Waals surface area contributed by atoms with Crippen LogP contribution in [-0.2, 0) is 14.9 Å². The van der Waals surface area contributed by atoms with Crippen molar-refractivity contribution in [2.75, 3.05) is 6.61 Å². The van der Waals surface area contributed by atoms with Crippen molar-refractivity contribution in [3.63, 3.8) is 0 Å². The first-order chi connectivity index (χ1) is 7.95. The maximum Gasteiger partial charge on any atom is 0.332 e. The van der Waals surface area contributed by atoms with Crippen molar-refractivity contribution in [3.05, 3.63) is 26.9 Å². The summed E-state index contributed by atoms with van der Waals surface area (Å²) in [5.41, 5.74) is -1.06. The minimum Gasteiger partial charge on any atom is -0.465 e. The Balaban J connectivity index is 3.26. The molecule has 0 saturated carbocycles. The summed E-state index contributed by atoms with van der Waals surface area (Å²) >= 11 is 6.55. The molecule has 0 saturated heterocycles. The number of aromatic nitrogens is 1. The van der Waals surface area contributed by atoms with Gasteiger partial charge in [0.1, 0.15) is 0 Å². The van der Waals surface area contributed by atoms with Crippen LogP contribution in [0.25, 0.3) is 0 Å². The maximum atomic E-state index is 11.8. The monoisotopic (exact) mass is 360 g/mol. The molecular formula is C11H10Br2N2O2. The Hall–Kier alpha value is -0.930. The van der Waals surface area contributed by atoms with E-state index in [9.17, 15) is 10.1 Å². The van der Waals surface area contributed by atoms with E-state index in [1.54, 1.807) is 13.0 Å². The van der Waals surface area contributed by atoms with Crippen LogP contribution in [0.5, 0.6) is 0 Å². The molecule has 1 rings (SSSR count). The van der Waals surface area contributed by atoms with Crippen molar-refractivity contribution < 1.29 is 9.53 Å². The number of ether oxygens (including phenoxy) is 1. The molecule has 0 amide bonds. The fourth-order valence-electron chi connectivity index (χ4n) is 1.25. The van der Waals surface area contributed by atoms with Gasteiger partial charge in [-0.3, -0.25) is 4.98 Å². The van der Waals surface area contributed by atoms with Crippen molar-refractivity contribution in [2.24, 2.45) is 0 Å². The predicted octanol–water partition coefficient (Wildman–Crippen LogP) is 2.95. The molecule has 1 aromatic heterocycles. The maximum absolute atomic E-state index is 11.8. The lowest BCUT2D eigenvalue weighted by Gasteiger charge is -2.20. The Bertz CT molecular complexity index is 485. The average molecular weight is 362 g/mol. The van der Waals surface area contributed by atoms with Crippen molar-refractivity contribution >= 4 is 37.8 Å². The molecule has 0 aromatic carbocycles. The minimum absolute atomic E-state index is 0.226. The highest BCUT2D eigenvalue weighted by atomic mass is 79.9. The van der Waals surface area contributed by atoms with Crippen LogP contribution in [0.3, 0.4) is 0 Å². The van der Waals surface area contributed by atoms with Crippen LogP contribution >= 0.6 is 31.9 Å². The first-order valence-electron chi connectivity index (χ1n) is 4.85. The van der Waals surface area contributed by atoms with Crippen LogP contribution in [0, 0.1) is 11.3 Å². The molecule has 1 unspecified atom stereocenters. The van der Waals surface area contributed by atoms with Crippen molar-refractivity contribution in [1.82, 2.24) is 4.98 Å². The lowest BCUT2D eigenvalue weighted by atomic mass is 9.88. The Morgan fingerprint density at radius 2 is 2.29 bits per heavy atom. The Labute approximate surface area is 116 Å². The highest BCUT2D eigenvalue weighted by molar-refractivity contribution is 9.11. The van der Waals surface area contributed by atoms with E-state index in [4.69, 9.17) is 4.74 Å². The van der Waals surface area contributed by atoms with Gasteiger partial charge in [0.05, 0.1) is 18.4 Å². The number of hydrogen-bond donors (Lipinski definition) is 0. The highest BCUT2D eigenvalue weighted by Crippen LogP contribution is 2.31. The van der Waals surface area contributed by atoms with Crippen molar-refractivity contribution in [1.29, 1.82) is 5.26 Å². The molecule has 0 bridgehead atoms. The van der Waals surface area contributed by atoms with E-state index < -0.39 is 11.4 Å². The number of rotatable bonds is 3. The zero-order valence-corrected chi connectivity index (χ0v) is 12.5. The zero-order valence-electron chi connectivity index (χ0n) is 9.33. The lowest BCUT2D eigenvalue weighted by Crippen LogP contribution is -2.34. The zero-order chi connectivity index (χ0) is 13.1. The number of nitrogens with zero attached hydrogens (tertiary/aromatic N) is 2. The summed E-state index contributed by atoms with van der Waals surface area (Å²) in [4.78, 5) is 15.9. The standard InChI is InChI=1S/C11H10Br2N2O2/c1-3-17-10(16)11(2,6-14)9-8(13)4-7(12)5-15-9/h4-5H,3H2,1-2H3. The third-order valence-corrected chi connectivity index (χ3v) is 3.23. The number of esters is 1. The first kappa shape index (κ1) is 14.1. The molecule has 90 valence electrons. The molecular weight excluding hydrogens is 352 g/mol. The number of carbonyl (C=O) groups is 1. The van der Waals surface area contributed by atoms with Crippen LogP contribution in [-0.4, -0.2) is 17.6 Å².